The molecule has 0 radical (unpaired) electrons. The van der Waals surface area contributed by atoms with Gasteiger partial charge in [-0.1, -0.05) is 23.7 Å². The summed E-state index contributed by atoms with van der Waals surface area (Å²) in [7, 11) is 0. The molecule has 0 fully saturated rings. The Kier molecular flexibility index (Phi) is 3.61. The molecule has 1 rings (SSSR count). The first-order chi connectivity index (χ1) is 7.66. The maximum atomic E-state index is 12.6. The number of nitrogens with one attached hydrogen (secondary N) is 1. The van der Waals surface area contributed by atoms with E-state index >= 15 is 0 Å². The number of hydrogen-bond acceptors (Lipinski definition) is 1. The summed E-state index contributed by atoms with van der Waals surface area (Å²) in [6.45, 7) is 0. The highest BCUT2D eigenvalue weighted by atomic mass is 35.5. The molecule has 0 aliphatic carbocycles. The lowest BCUT2D eigenvalue weighted by molar-refractivity contribution is -0.267. The van der Waals surface area contributed by atoms with Gasteiger partial charge in [-0.15, -0.1) is 0 Å². The van der Waals surface area contributed by atoms with E-state index in [0.717, 1.165) is 6.07 Å². The van der Waals surface area contributed by atoms with Gasteiger partial charge in [0.2, 0.25) is 0 Å². The first-order valence-corrected chi connectivity index (χ1v) is 4.54. The normalized spacial score (nSPS) is 12.4. The second-order valence-corrected chi connectivity index (χ2v) is 3.41. The van der Waals surface area contributed by atoms with Crippen LogP contribution in [0.1, 0.15) is 0 Å². The van der Waals surface area contributed by atoms with Gasteiger partial charge in [0.25, 0.3) is 0 Å². The number of alkyl halides is 5. The molecule has 0 bridgehead atoms. The van der Waals surface area contributed by atoms with Gasteiger partial charge in [-0.05, 0) is 12.1 Å². The van der Waals surface area contributed by atoms with Crippen molar-refractivity contribution in [1.82, 2.24) is 0 Å². The number of halogens is 6. The molecule has 0 spiro atoms. The molecule has 2 nitrogen and oxygen atoms in total. The van der Waals surface area contributed by atoms with E-state index in [1.807, 2.05) is 0 Å². The molecule has 0 aliphatic rings. The molecule has 1 N–H and O–H groups in total. The smallest absolute Gasteiger partial charge is 0.319 e. The summed E-state index contributed by atoms with van der Waals surface area (Å²) in [5, 5.41) is 1.28. The van der Waals surface area contributed by atoms with Crippen molar-refractivity contribution < 1.29 is 26.7 Å². The Morgan fingerprint density at radius 1 is 1.12 bits per heavy atom. The van der Waals surface area contributed by atoms with E-state index in [2.05, 4.69) is 0 Å². The van der Waals surface area contributed by atoms with Crippen LogP contribution in [0.4, 0.5) is 27.6 Å². The van der Waals surface area contributed by atoms with Gasteiger partial charge in [-0.3, -0.25) is 4.79 Å². The largest absolute Gasteiger partial charge is 0.463 e. The fourth-order valence-corrected chi connectivity index (χ4v) is 1.08. The third-order valence-corrected chi connectivity index (χ3v) is 2.09. The summed E-state index contributed by atoms with van der Waals surface area (Å²) in [4.78, 5) is 10.8. The molecule has 0 atom stereocenters. The van der Waals surface area contributed by atoms with Crippen molar-refractivity contribution in [3.05, 3.63) is 29.3 Å². The zero-order chi connectivity index (χ0) is 13.3. The lowest BCUT2D eigenvalue weighted by atomic mass is 10.2. The minimum absolute atomic E-state index is 0.140. The van der Waals surface area contributed by atoms with E-state index < -0.39 is 18.0 Å². The minimum Gasteiger partial charge on any atom is -0.319 e. The van der Waals surface area contributed by atoms with Gasteiger partial charge in [0.05, 0.1) is 10.7 Å². The van der Waals surface area contributed by atoms with Gasteiger partial charge in [0.15, 0.2) is 0 Å². The SMILES string of the molecule is O=C(Nc1ccccc1Cl)C(F)(F)C(F)(F)F. The van der Waals surface area contributed by atoms with Crippen molar-refractivity contribution >= 4 is 23.2 Å². The lowest BCUT2D eigenvalue weighted by Crippen LogP contribution is -2.47. The van der Waals surface area contributed by atoms with Gasteiger partial charge in [-0.2, -0.15) is 22.0 Å². The molecule has 94 valence electrons. The maximum absolute atomic E-state index is 12.6. The minimum atomic E-state index is -5.95. The monoisotopic (exact) mass is 273 g/mol. The number of hydrogen-bond donors (Lipinski definition) is 1. The van der Waals surface area contributed by atoms with E-state index in [0.29, 0.717) is 0 Å². The van der Waals surface area contributed by atoms with Crippen molar-refractivity contribution in [2.75, 3.05) is 5.32 Å². The van der Waals surface area contributed by atoms with Crippen LogP contribution in [0, 0.1) is 0 Å². The molecule has 17 heavy (non-hydrogen) atoms. The average molecular weight is 274 g/mol. The Hall–Kier alpha value is -1.37. The molecular weight excluding hydrogens is 269 g/mol. The Bertz CT molecular complexity index is 432. The van der Waals surface area contributed by atoms with E-state index in [1.54, 1.807) is 0 Å². The summed E-state index contributed by atoms with van der Waals surface area (Å²) >= 11 is 5.49. The Morgan fingerprint density at radius 3 is 2.12 bits per heavy atom. The van der Waals surface area contributed by atoms with Gasteiger partial charge in [0, 0.05) is 0 Å². The first kappa shape index (κ1) is 13.7. The van der Waals surface area contributed by atoms with Crippen molar-refractivity contribution in [2.24, 2.45) is 0 Å². The van der Waals surface area contributed by atoms with Gasteiger partial charge >= 0.3 is 18.0 Å². The lowest BCUT2D eigenvalue weighted by Gasteiger charge is -2.18. The molecule has 0 saturated carbocycles. The van der Waals surface area contributed by atoms with Gasteiger partial charge in [0.1, 0.15) is 0 Å². The number of carbonyl (C=O) groups excluding carboxylic acids is 1. The summed E-state index contributed by atoms with van der Waals surface area (Å²) in [6.07, 6.45) is -5.95. The van der Waals surface area contributed by atoms with Crippen LogP contribution in [-0.4, -0.2) is 18.0 Å². The van der Waals surface area contributed by atoms with Crippen molar-refractivity contribution in [3.8, 4) is 0 Å². The quantitative estimate of drug-likeness (QED) is 0.821. The number of carbonyl (C=O) groups is 1. The Labute approximate surface area is 97.4 Å². The standard InChI is InChI=1S/C9H5ClF5NO/c10-5-3-1-2-4-6(5)16-7(17)8(11,12)9(13,14)15/h1-4H,(H,16,17). The zero-order valence-electron chi connectivity index (χ0n) is 7.99. The molecule has 1 amide bonds. The number of rotatable bonds is 2. The fourth-order valence-electron chi connectivity index (χ4n) is 0.892. The third-order valence-electron chi connectivity index (χ3n) is 1.76. The van der Waals surface area contributed by atoms with Crippen LogP contribution in [0.15, 0.2) is 24.3 Å². The highest BCUT2D eigenvalue weighted by Gasteiger charge is 2.63. The highest BCUT2D eigenvalue weighted by molar-refractivity contribution is 6.33. The Balaban J connectivity index is 2.91. The average Bonchev–Trinajstić information content (AvgIpc) is 2.19. The molecule has 0 aliphatic heterocycles. The van der Waals surface area contributed by atoms with Gasteiger partial charge in [-0.25, -0.2) is 0 Å². The summed E-state index contributed by atoms with van der Waals surface area (Å²) in [5.74, 6) is -7.94. The van der Waals surface area contributed by atoms with Crippen LogP contribution in [0.5, 0.6) is 0 Å². The third kappa shape index (κ3) is 2.85. The molecule has 0 heterocycles. The maximum Gasteiger partial charge on any atom is 0.463 e. The molecular formula is C9H5ClF5NO. The fraction of sp³-hybridized carbons (Fsp3) is 0.222. The van der Waals surface area contributed by atoms with E-state index in [1.165, 1.54) is 23.5 Å². The molecule has 0 unspecified atom stereocenters. The second-order valence-electron chi connectivity index (χ2n) is 3.01. The number of amides is 1. The van der Waals surface area contributed by atoms with Crippen LogP contribution in [0.3, 0.4) is 0 Å². The number of anilines is 1. The second kappa shape index (κ2) is 4.48. The van der Waals surface area contributed by atoms with E-state index in [9.17, 15) is 26.7 Å². The van der Waals surface area contributed by atoms with Crippen LogP contribution >= 0.6 is 11.6 Å². The van der Waals surface area contributed by atoms with E-state index in [4.69, 9.17) is 11.6 Å². The highest BCUT2D eigenvalue weighted by Crippen LogP contribution is 2.36. The molecule has 0 saturated heterocycles. The van der Waals surface area contributed by atoms with Crippen LogP contribution in [-0.2, 0) is 4.79 Å². The summed E-state index contributed by atoms with van der Waals surface area (Å²) in [6, 6.07) is 5.10. The summed E-state index contributed by atoms with van der Waals surface area (Å²) in [5.41, 5.74) is -0.317. The Morgan fingerprint density at radius 2 is 1.65 bits per heavy atom. The molecule has 0 aromatic heterocycles. The predicted octanol–water partition coefficient (Wildman–Crippen LogP) is 3.48. The molecule has 1 aromatic rings. The van der Waals surface area contributed by atoms with Crippen LogP contribution in [0.25, 0.3) is 0 Å². The van der Waals surface area contributed by atoms with Crippen LogP contribution < -0.4 is 5.32 Å². The molecule has 1 aromatic carbocycles. The zero-order valence-corrected chi connectivity index (χ0v) is 8.74. The topological polar surface area (TPSA) is 29.1 Å². The summed E-state index contributed by atoms with van der Waals surface area (Å²) < 4.78 is 60.7. The van der Waals surface area contributed by atoms with Crippen molar-refractivity contribution in [3.63, 3.8) is 0 Å². The number of para-hydroxylation sites is 1. The predicted molar refractivity (Wildman–Crippen MR) is 51.1 cm³/mol. The van der Waals surface area contributed by atoms with Gasteiger partial charge < -0.3 is 5.32 Å². The van der Waals surface area contributed by atoms with Crippen molar-refractivity contribution in [1.29, 1.82) is 0 Å². The van der Waals surface area contributed by atoms with Crippen LogP contribution in [0.2, 0.25) is 5.02 Å². The van der Waals surface area contributed by atoms with E-state index in [-0.39, 0.29) is 10.7 Å². The number of benzene rings is 1. The van der Waals surface area contributed by atoms with Crippen molar-refractivity contribution in [2.45, 2.75) is 12.1 Å². The molecule has 8 heteroatoms. The first-order valence-electron chi connectivity index (χ1n) is 4.17.